The van der Waals surface area contributed by atoms with Gasteiger partial charge in [0, 0.05) is 36.5 Å². The summed E-state index contributed by atoms with van der Waals surface area (Å²) in [6.07, 6.45) is 3.94. The van der Waals surface area contributed by atoms with Crippen molar-refractivity contribution in [1.29, 1.82) is 0 Å². The van der Waals surface area contributed by atoms with Crippen molar-refractivity contribution in [2.45, 2.75) is 13.0 Å². The van der Waals surface area contributed by atoms with E-state index in [0.717, 1.165) is 28.1 Å². The van der Waals surface area contributed by atoms with Gasteiger partial charge in [-0.3, -0.25) is 9.78 Å². The first-order chi connectivity index (χ1) is 14.3. The third-order valence-corrected chi connectivity index (χ3v) is 5.29. The predicted molar refractivity (Wildman–Crippen MR) is 110 cm³/mol. The van der Waals surface area contributed by atoms with E-state index in [1.165, 1.54) is 5.56 Å². The Hall–Kier alpha value is -3.73. The van der Waals surface area contributed by atoms with Gasteiger partial charge in [0.25, 0.3) is 5.91 Å². The molecule has 0 radical (unpaired) electrons. The molecule has 1 amide bonds. The maximum absolute atomic E-state index is 12.8. The summed E-state index contributed by atoms with van der Waals surface area (Å²) < 4.78 is 5.59. The molecule has 1 aliphatic heterocycles. The van der Waals surface area contributed by atoms with Crippen molar-refractivity contribution in [1.82, 2.24) is 15.0 Å². The molecule has 0 bridgehead atoms. The predicted octanol–water partition coefficient (Wildman–Crippen LogP) is 4.60. The molecule has 5 heteroatoms. The van der Waals surface area contributed by atoms with Gasteiger partial charge in [-0.05, 0) is 23.3 Å². The molecule has 2 aromatic carbocycles. The highest BCUT2D eigenvalue weighted by Gasteiger charge is 2.28. The van der Waals surface area contributed by atoms with E-state index in [1.54, 1.807) is 24.5 Å². The molecule has 0 spiro atoms. The number of amides is 1. The lowest BCUT2D eigenvalue weighted by molar-refractivity contribution is 0.0728. The second kappa shape index (κ2) is 7.36. The molecular formula is C24H19N3O2. The van der Waals surface area contributed by atoms with Gasteiger partial charge in [0.1, 0.15) is 11.5 Å². The number of nitrogens with zero attached hydrogens (tertiary/aromatic N) is 3. The number of carbonyl (C=O) groups is 1. The number of fused-ring (bicyclic) bond motifs is 1. The van der Waals surface area contributed by atoms with Crippen LogP contribution in [0.15, 0.2) is 83.6 Å². The van der Waals surface area contributed by atoms with Gasteiger partial charge in [-0.1, -0.05) is 59.8 Å². The zero-order valence-corrected chi connectivity index (χ0v) is 15.8. The van der Waals surface area contributed by atoms with Crippen molar-refractivity contribution < 1.29 is 9.32 Å². The summed E-state index contributed by atoms with van der Waals surface area (Å²) in [5, 5.41) is 4.31. The Balaban J connectivity index is 1.42. The molecular weight excluding hydrogens is 362 g/mol. The Bertz CT molecular complexity index is 1140. The Morgan fingerprint density at radius 1 is 0.897 bits per heavy atom. The molecule has 5 rings (SSSR count). The van der Waals surface area contributed by atoms with E-state index in [0.29, 0.717) is 25.1 Å². The van der Waals surface area contributed by atoms with Gasteiger partial charge in [0.05, 0.1) is 12.1 Å². The molecule has 1 aliphatic rings. The molecule has 142 valence electrons. The lowest BCUT2D eigenvalue weighted by atomic mass is 9.98. The van der Waals surface area contributed by atoms with Crippen LogP contribution >= 0.6 is 0 Å². The van der Waals surface area contributed by atoms with Crippen LogP contribution < -0.4 is 0 Å². The van der Waals surface area contributed by atoms with Gasteiger partial charge in [-0.15, -0.1) is 0 Å². The molecule has 0 atom stereocenters. The van der Waals surface area contributed by atoms with Gasteiger partial charge in [0.15, 0.2) is 0 Å². The van der Waals surface area contributed by atoms with Crippen LogP contribution in [-0.4, -0.2) is 27.5 Å². The van der Waals surface area contributed by atoms with Crippen LogP contribution in [0.25, 0.3) is 22.4 Å². The maximum atomic E-state index is 12.8. The number of hydrogen-bond acceptors (Lipinski definition) is 4. The second-order valence-corrected chi connectivity index (χ2v) is 7.09. The molecule has 3 heterocycles. The summed E-state index contributed by atoms with van der Waals surface area (Å²) in [5.41, 5.74) is 5.71. The standard InChI is InChI=1S/C24H19N3O2/c28-24(20-7-4-13-25-15-20)27-14-12-22-21(16-27)23(26-29-22)19-10-8-18(9-11-19)17-5-2-1-3-6-17/h1-11,13,15H,12,14,16H2. The van der Waals surface area contributed by atoms with E-state index in [1.807, 2.05) is 23.1 Å². The SMILES string of the molecule is O=C(c1cccnc1)N1CCc2onc(-c3ccc(-c4ccccc4)cc3)c2C1. The summed E-state index contributed by atoms with van der Waals surface area (Å²) >= 11 is 0. The van der Waals surface area contributed by atoms with Crippen LogP contribution in [0.4, 0.5) is 0 Å². The van der Waals surface area contributed by atoms with E-state index in [2.05, 4.69) is 46.5 Å². The average Bonchev–Trinajstić information content (AvgIpc) is 3.23. The highest BCUT2D eigenvalue weighted by molar-refractivity contribution is 5.94. The normalized spacial score (nSPS) is 13.2. The van der Waals surface area contributed by atoms with E-state index < -0.39 is 0 Å². The largest absolute Gasteiger partial charge is 0.360 e. The molecule has 29 heavy (non-hydrogen) atoms. The Kier molecular flexibility index (Phi) is 4.41. The topological polar surface area (TPSA) is 59.2 Å². The number of rotatable bonds is 3. The average molecular weight is 381 g/mol. The number of aromatic nitrogens is 2. The summed E-state index contributed by atoms with van der Waals surface area (Å²) in [7, 11) is 0. The van der Waals surface area contributed by atoms with Gasteiger partial charge in [-0.2, -0.15) is 0 Å². The number of carbonyl (C=O) groups excluding carboxylic acids is 1. The third-order valence-electron chi connectivity index (χ3n) is 5.29. The first kappa shape index (κ1) is 17.4. The van der Waals surface area contributed by atoms with Crippen LogP contribution in [0.3, 0.4) is 0 Å². The summed E-state index contributed by atoms with van der Waals surface area (Å²) in [6.45, 7) is 1.10. The van der Waals surface area contributed by atoms with E-state index in [9.17, 15) is 4.79 Å². The first-order valence-corrected chi connectivity index (χ1v) is 9.62. The van der Waals surface area contributed by atoms with Crippen molar-refractivity contribution in [3.05, 3.63) is 96.0 Å². The second-order valence-electron chi connectivity index (χ2n) is 7.09. The molecule has 0 N–H and O–H groups in total. The minimum atomic E-state index is -0.0182. The Labute approximate surface area is 168 Å². The molecule has 5 nitrogen and oxygen atoms in total. The van der Waals surface area contributed by atoms with Crippen molar-refractivity contribution in [3.8, 4) is 22.4 Å². The molecule has 2 aromatic heterocycles. The zero-order chi connectivity index (χ0) is 19.6. The minimum absolute atomic E-state index is 0.0182. The number of benzene rings is 2. The summed E-state index contributed by atoms with van der Waals surface area (Å²) in [4.78, 5) is 18.7. The van der Waals surface area contributed by atoms with Gasteiger partial charge in [-0.25, -0.2) is 0 Å². The van der Waals surface area contributed by atoms with E-state index >= 15 is 0 Å². The van der Waals surface area contributed by atoms with Crippen LogP contribution in [0.1, 0.15) is 21.7 Å². The lowest BCUT2D eigenvalue weighted by Gasteiger charge is -2.26. The van der Waals surface area contributed by atoms with Crippen LogP contribution in [-0.2, 0) is 13.0 Å². The van der Waals surface area contributed by atoms with E-state index in [-0.39, 0.29) is 5.91 Å². The van der Waals surface area contributed by atoms with Gasteiger partial charge in [0.2, 0.25) is 0 Å². The van der Waals surface area contributed by atoms with Crippen LogP contribution in [0.5, 0.6) is 0 Å². The highest BCUT2D eigenvalue weighted by atomic mass is 16.5. The van der Waals surface area contributed by atoms with E-state index in [4.69, 9.17) is 4.52 Å². The quantitative estimate of drug-likeness (QED) is 0.520. The van der Waals surface area contributed by atoms with Crippen molar-refractivity contribution in [2.75, 3.05) is 6.54 Å². The first-order valence-electron chi connectivity index (χ1n) is 9.62. The molecule has 0 fully saturated rings. The van der Waals surface area contributed by atoms with Crippen molar-refractivity contribution >= 4 is 5.91 Å². The molecule has 4 aromatic rings. The molecule has 0 unspecified atom stereocenters. The minimum Gasteiger partial charge on any atom is -0.360 e. The third kappa shape index (κ3) is 3.31. The van der Waals surface area contributed by atoms with Crippen LogP contribution in [0.2, 0.25) is 0 Å². The van der Waals surface area contributed by atoms with Gasteiger partial charge >= 0.3 is 0 Å². The molecule has 0 saturated heterocycles. The van der Waals surface area contributed by atoms with Gasteiger partial charge < -0.3 is 9.42 Å². The number of pyridine rings is 1. The molecule has 0 saturated carbocycles. The zero-order valence-electron chi connectivity index (χ0n) is 15.8. The highest BCUT2D eigenvalue weighted by Crippen LogP contribution is 2.31. The monoisotopic (exact) mass is 381 g/mol. The maximum Gasteiger partial charge on any atom is 0.255 e. The fourth-order valence-corrected chi connectivity index (χ4v) is 3.73. The van der Waals surface area contributed by atoms with Crippen LogP contribution in [0, 0.1) is 0 Å². The summed E-state index contributed by atoms with van der Waals surface area (Å²) in [5.74, 6) is 0.845. The smallest absolute Gasteiger partial charge is 0.255 e. The fraction of sp³-hybridized carbons (Fsp3) is 0.125. The fourth-order valence-electron chi connectivity index (χ4n) is 3.73. The summed E-state index contributed by atoms with van der Waals surface area (Å²) in [6, 6.07) is 22.1. The number of hydrogen-bond donors (Lipinski definition) is 0. The molecule has 0 aliphatic carbocycles. The van der Waals surface area contributed by atoms with Crippen molar-refractivity contribution in [2.24, 2.45) is 0 Å². The Morgan fingerprint density at radius 3 is 2.41 bits per heavy atom. The van der Waals surface area contributed by atoms with Crippen molar-refractivity contribution in [3.63, 3.8) is 0 Å². The Morgan fingerprint density at radius 2 is 1.66 bits per heavy atom. The lowest BCUT2D eigenvalue weighted by Crippen LogP contribution is -2.35.